The number of nitrogens with one attached hydrogen (secondary N) is 1. The molecule has 0 bridgehead atoms. The second kappa shape index (κ2) is 5.40. The SMILES string of the molecule is CCCOc1ccc(NC(=O)C2(CN)CC2)cc1. The van der Waals surface area contributed by atoms with E-state index in [-0.39, 0.29) is 11.3 Å². The van der Waals surface area contributed by atoms with Crippen molar-refractivity contribution in [2.75, 3.05) is 18.5 Å². The van der Waals surface area contributed by atoms with Crippen molar-refractivity contribution in [3.63, 3.8) is 0 Å². The van der Waals surface area contributed by atoms with Gasteiger partial charge in [0.15, 0.2) is 0 Å². The molecule has 1 aromatic carbocycles. The number of hydrogen-bond acceptors (Lipinski definition) is 3. The van der Waals surface area contributed by atoms with E-state index in [9.17, 15) is 4.79 Å². The summed E-state index contributed by atoms with van der Waals surface area (Å²) in [5, 5.41) is 2.90. The third kappa shape index (κ3) is 2.82. The van der Waals surface area contributed by atoms with Crippen molar-refractivity contribution in [2.24, 2.45) is 11.1 Å². The van der Waals surface area contributed by atoms with Crippen LogP contribution in [0.5, 0.6) is 5.75 Å². The maximum atomic E-state index is 12.0. The van der Waals surface area contributed by atoms with Gasteiger partial charge >= 0.3 is 0 Å². The summed E-state index contributed by atoms with van der Waals surface area (Å²) in [7, 11) is 0. The van der Waals surface area contributed by atoms with Crippen LogP contribution in [-0.2, 0) is 4.79 Å². The number of benzene rings is 1. The van der Waals surface area contributed by atoms with Gasteiger partial charge in [0.05, 0.1) is 12.0 Å². The smallest absolute Gasteiger partial charge is 0.231 e. The predicted octanol–water partition coefficient (Wildman–Crippen LogP) is 2.15. The van der Waals surface area contributed by atoms with Gasteiger partial charge < -0.3 is 15.8 Å². The summed E-state index contributed by atoms with van der Waals surface area (Å²) in [6.07, 6.45) is 2.78. The molecular formula is C14H20N2O2. The highest BCUT2D eigenvalue weighted by Gasteiger charge is 2.48. The summed E-state index contributed by atoms with van der Waals surface area (Å²) >= 11 is 0. The number of carbonyl (C=O) groups excluding carboxylic acids is 1. The Hall–Kier alpha value is -1.55. The summed E-state index contributed by atoms with van der Waals surface area (Å²) < 4.78 is 5.48. The number of ether oxygens (including phenoxy) is 1. The van der Waals surface area contributed by atoms with Crippen molar-refractivity contribution < 1.29 is 9.53 Å². The van der Waals surface area contributed by atoms with Crippen LogP contribution in [0.15, 0.2) is 24.3 Å². The van der Waals surface area contributed by atoms with Crippen molar-refractivity contribution >= 4 is 11.6 Å². The minimum absolute atomic E-state index is 0.0345. The quantitative estimate of drug-likeness (QED) is 0.810. The minimum Gasteiger partial charge on any atom is -0.494 e. The van der Waals surface area contributed by atoms with Crippen LogP contribution in [0, 0.1) is 5.41 Å². The normalized spacial score (nSPS) is 16.1. The average molecular weight is 248 g/mol. The van der Waals surface area contributed by atoms with Gasteiger partial charge in [0.1, 0.15) is 5.75 Å². The van der Waals surface area contributed by atoms with Gasteiger partial charge in [0.25, 0.3) is 0 Å². The Bertz CT molecular complexity index is 410. The number of amides is 1. The van der Waals surface area contributed by atoms with Gasteiger partial charge in [-0.1, -0.05) is 6.92 Å². The molecule has 1 aromatic rings. The minimum atomic E-state index is -0.308. The summed E-state index contributed by atoms with van der Waals surface area (Å²) in [5.74, 6) is 0.863. The molecule has 1 aliphatic carbocycles. The van der Waals surface area contributed by atoms with Gasteiger partial charge in [0.2, 0.25) is 5.91 Å². The van der Waals surface area contributed by atoms with E-state index in [2.05, 4.69) is 12.2 Å². The fraction of sp³-hybridized carbons (Fsp3) is 0.500. The largest absolute Gasteiger partial charge is 0.494 e. The Morgan fingerprint density at radius 2 is 2.06 bits per heavy atom. The molecule has 0 atom stereocenters. The van der Waals surface area contributed by atoms with Gasteiger partial charge in [-0.2, -0.15) is 0 Å². The number of rotatable bonds is 6. The molecule has 2 rings (SSSR count). The Balaban J connectivity index is 1.92. The first-order chi connectivity index (χ1) is 8.70. The van der Waals surface area contributed by atoms with Crippen molar-refractivity contribution in [1.29, 1.82) is 0 Å². The molecule has 0 aliphatic heterocycles. The monoisotopic (exact) mass is 248 g/mol. The highest BCUT2D eigenvalue weighted by Crippen LogP contribution is 2.45. The summed E-state index contributed by atoms with van der Waals surface area (Å²) in [6, 6.07) is 7.45. The van der Waals surface area contributed by atoms with E-state index in [4.69, 9.17) is 10.5 Å². The van der Waals surface area contributed by atoms with E-state index in [1.54, 1.807) is 0 Å². The lowest BCUT2D eigenvalue weighted by Gasteiger charge is -2.13. The highest BCUT2D eigenvalue weighted by atomic mass is 16.5. The Morgan fingerprint density at radius 1 is 1.39 bits per heavy atom. The average Bonchev–Trinajstić information content (AvgIpc) is 3.19. The van der Waals surface area contributed by atoms with Gasteiger partial charge in [0, 0.05) is 12.2 Å². The van der Waals surface area contributed by atoms with Crippen LogP contribution >= 0.6 is 0 Å². The maximum absolute atomic E-state index is 12.0. The lowest BCUT2D eigenvalue weighted by atomic mass is 10.1. The van der Waals surface area contributed by atoms with Gasteiger partial charge in [-0.25, -0.2) is 0 Å². The molecule has 0 aromatic heterocycles. The van der Waals surface area contributed by atoms with E-state index in [0.29, 0.717) is 13.2 Å². The third-order valence-electron chi connectivity index (χ3n) is 3.31. The molecule has 98 valence electrons. The zero-order valence-electron chi connectivity index (χ0n) is 10.7. The van der Waals surface area contributed by atoms with E-state index < -0.39 is 0 Å². The second-order valence-electron chi connectivity index (χ2n) is 4.81. The molecule has 1 aliphatic rings. The van der Waals surface area contributed by atoms with Crippen molar-refractivity contribution in [2.45, 2.75) is 26.2 Å². The molecule has 18 heavy (non-hydrogen) atoms. The van der Waals surface area contributed by atoms with Crippen LogP contribution in [0.4, 0.5) is 5.69 Å². The van der Waals surface area contributed by atoms with Crippen molar-refractivity contribution in [1.82, 2.24) is 0 Å². The standard InChI is InChI=1S/C14H20N2O2/c1-2-9-18-12-5-3-11(4-6-12)16-13(17)14(10-15)7-8-14/h3-6H,2,7-10,15H2,1H3,(H,16,17). The van der Waals surface area contributed by atoms with Crippen LogP contribution in [0.3, 0.4) is 0 Å². The fourth-order valence-corrected chi connectivity index (χ4v) is 1.79. The number of nitrogens with two attached hydrogens (primary N) is 1. The predicted molar refractivity (Wildman–Crippen MR) is 71.6 cm³/mol. The van der Waals surface area contributed by atoms with E-state index in [1.165, 1.54) is 0 Å². The first kappa shape index (κ1) is 12.9. The lowest BCUT2D eigenvalue weighted by Crippen LogP contribution is -2.30. The zero-order valence-corrected chi connectivity index (χ0v) is 10.7. The summed E-state index contributed by atoms with van der Waals surface area (Å²) in [5.41, 5.74) is 6.11. The van der Waals surface area contributed by atoms with Crippen molar-refractivity contribution in [3.05, 3.63) is 24.3 Å². The maximum Gasteiger partial charge on any atom is 0.231 e. The molecule has 4 nitrogen and oxygen atoms in total. The van der Waals surface area contributed by atoms with Crippen LogP contribution in [-0.4, -0.2) is 19.1 Å². The molecule has 0 saturated heterocycles. The fourth-order valence-electron chi connectivity index (χ4n) is 1.79. The first-order valence-electron chi connectivity index (χ1n) is 6.44. The van der Waals surface area contributed by atoms with Crippen LogP contribution < -0.4 is 15.8 Å². The second-order valence-corrected chi connectivity index (χ2v) is 4.81. The molecule has 0 heterocycles. The van der Waals surface area contributed by atoms with Gasteiger partial charge in [-0.05, 0) is 43.5 Å². The summed E-state index contributed by atoms with van der Waals surface area (Å²) in [6.45, 7) is 3.20. The third-order valence-corrected chi connectivity index (χ3v) is 3.31. The van der Waals surface area contributed by atoms with Crippen LogP contribution in [0.25, 0.3) is 0 Å². The van der Waals surface area contributed by atoms with Crippen molar-refractivity contribution in [3.8, 4) is 5.75 Å². The van der Waals surface area contributed by atoms with Crippen LogP contribution in [0.1, 0.15) is 26.2 Å². The lowest BCUT2D eigenvalue weighted by molar-refractivity contribution is -0.120. The van der Waals surface area contributed by atoms with E-state index in [1.807, 2.05) is 24.3 Å². The molecule has 0 unspecified atom stereocenters. The number of anilines is 1. The summed E-state index contributed by atoms with van der Waals surface area (Å²) in [4.78, 5) is 12.0. The molecule has 1 fully saturated rings. The molecule has 0 radical (unpaired) electrons. The molecule has 1 amide bonds. The molecule has 3 N–H and O–H groups in total. The number of carbonyl (C=O) groups is 1. The van der Waals surface area contributed by atoms with E-state index in [0.717, 1.165) is 30.7 Å². The number of hydrogen-bond donors (Lipinski definition) is 2. The topological polar surface area (TPSA) is 64.3 Å². The molecule has 1 saturated carbocycles. The highest BCUT2D eigenvalue weighted by molar-refractivity contribution is 5.97. The van der Waals surface area contributed by atoms with Gasteiger partial charge in [-0.3, -0.25) is 4.79 Å². The van der Waals surface area contributed by atoms with E-state index >= 15 is 0 Å². The van der Waals surface area contributed by atoms with Crippen LogP contribution in [0.2, 0.25) is 0 Å². The Kier molecular flexibility index (Phi) is 3.87. The molecule has 4 heteroatoms. The van der Waals surface area contributed by atoms with Gasteiger partial charge in [-0.15, -0.1) is 0 Å². The molecular weight excluding hydrogens is 228 g/mol. The first-order valence-corrected chi connectivity index (χ1v) is 6.44. The molecule has 0 spiro atoms. The zero-order chi connectivity index (χ0) is 13.0. The Morgan fingerprint density at radius 3 is 2.56 bits per heavy atom. The Labute approximate surface area is 108 Å².